The lowest BCUT2D eigenvalue weighted by Crippen LogP contribution is -2.28. The Labute approximate surface area is 175 Å². The lowest BCUT2D eigenvalue weighted by atomic mass is 10.2. The molecule has 0 atom stereocenters. The summed E-state index contributed by atoms with van der Waals surface area (Å²) in [5.74, 6) is 1.13. The van der Waals surface area contributed by atoms with Gasteiger partial charge in [-0.05, 0) is 49.2 Å². The van der Waals surface area contributed by atoms with Gasteiger partial charge in [-0.1, -0.05) is 23.7 Å². The van der Waals surface area contributed by atoms with Gasteiger partial charge in [-0.2, -0.15) is 0 Å². The standard InChI is InChI=1S/C22H26ClFN2O3/c1-28-21-12-16(14-25-9-3-11-26-10-2-4-22(26)27)5-8-20(21)29-15-17-6-7-18(24)13-19(17)23/h5-8,12-13,25H,2-4,9-11,14-15H2,1H3. The Morgan fingerprint density at radius 3 is 2.79 bits per heavy atom. The van der Waals surface area contributed by atoms with Gasteiger partial charge in [-0.3, -0.25) is 4.79 Å². The number of nitrogens with one attached hydrogen (secondary N) is 1. The molecule has 1 heterocycles. The number of rotatable bonds is 10. The van der Waals surface area contributed by atoms with E-state index in [2.05, 4.69) is 5.32 Å². The molecule has 0 radical (unpaired) electrons. The van der Waals surface area contributed by atoms with Crippen LogP contribution in [-0.4, -0.2) is 37.6 Å². The summed E-state index contributed by atoms with van der Waals surface area (Å²) >= 11 is 6.05. The Morgan fingerprint density at radius 2 is 2.07 bits per heavy atom. The third kappa shape index (κ3) is 6.08. The maximum atomic E-state index is 13.2. The summed E-state index contributed by atoms with van der Waals surface area (Å²) in [6.45, 7) is 3.47. The molecule has 7 heteroatoms. The van der Waals surface area contributed by atoms with E-state index in [0.29, 0.717) is 35.1 Å². The molecular weight excluding hydrogens is 395 g/mol. The molecule has 3 rings (SSSR count). The normalized spacial score (nSPS) is 13.8. The number of carbonyl (C=O) groups excluding carboxylic acids is 1. The van der Waals surface area contributed by atoms with Crippen molar-refractivity contribution in [2.24, 2.45) is 0 Å². The van der Waals surface area contributed by atoms with Gasteiger partial charge < -0.3 is 19.7 Å². The second kappa shape index (κ2) is 10.5. The first-order chi connectivity index (χ1) is 14.1. The monoisotopic (exact) mass is 420 g/mol. The van der Waals surface area contributed by atoms with Crippen molar-refractivity contribution in [3.05, 3.63) is 58.4 Å². The van der Waals surface area contributed by atoms with Crippen LogP contribution in [0.1, 0.15) is 30.4 Å². The van der Waals surface area contributed by atoms with Gasteiger partial charge in [0, 0.05) is 31.6 Å². The number of hydrogen-bond donors (Lipinski definition) is 1. The Hall–Kier alpha value is -2.31. The van der Waals surface area contributed by atoms with Crippen molar-refractivity contribution in [1.82, 2.24) is 10.2 Å². The summed E-state index contributed by atoms with van der Waals surface area (Å²) < 4.78 is 24.4. The van der Waals surface area contributed by atoms with Crippen molar-refractivity contribution < 1.29 is 18.7 Å². The lowest BCUT2D eigenvalue weighted by Gasteiger charge is -2.15. The highest BCUT2D eigenvalue weighted by Gasteiger charge is 2.18. The van der Waals surface area contributed by atoms with Gasteiger partial charge in [0.05, 0.1) is 12.1 Å². The maximum absolute atomic E-state index is 13.2. The number of nitrogens with zero attached hydrogens (tertiary/aromatic N) is 1. The van der Waals surface area contributed by atoms with Gasteiger partial charge in [-0.15, -0.1) is 0 Å². The van der Waals surface area contributed by atoms with E-state index in [1.807, 2.05) is 23.1 Å². The highest BCUT2D eigenvalue weighted by Crippen LogP contribution is 2.29. The van der Waals surface area contributed by atoms with E-state index in [1.54, 1.807) is 13.2 Å². The van der Waals surface area contributed by atoms with Gasteiger partial charge in [0.1, 0.15) is 12.4 Å². The number of halogens is 2. The molecule has 2 aromatic rings. The summed E-state index contributed by atoms with van der Waals surface area (Å²) in [6.07, 6.45) is 2.60. The van der Waals surface area contributed by atoms with E-state index in [1.165, 1.54) is 12.1 Å². The van der Waals surface area contributed by atoms with Gasteiger partial charge in [0.2, 0.25) is 5.91 Å². The van der Waals surface area contributed by atoms with E-state index < -0.39 is 0 Å². The fourth-order valence-electron chi connectivity index (χ4n) is 3.30. The zero-order valence-electron chi connectivity index (χ0n) is 16.5. The molecule has 0 bridgehead atoms. The predicted molar refractivity (Wildman–Crippen MR) is 111 cm³/mol. The van der Waals surface area contributed by atoms with Crippen LogP contribution in [0.2, 0.25) is 5.02 Å². The molecule has 0 saturated carbocycles. The number of hydrogen-bond acceptors (Lipinski definition) is 4. The topological polar surface area (TPSA) is 50.8 Å². The van der Waals surface area contributed by atoms with E-state index in [4.69, 9.17) is 21.1 Å². The van der Waals surface area contributed by atoms with Crippen molar-refractivity contribution >= 4 is 17.5 Å². The zero-order chi connectivity index (χ0) is 20.6. The fraction of sp³-hybridized carbons (Fsp3) is 0.409. The van der Waals surface area contributed by atoms with E-state index in [-0.39, 0.29) is 18.3 Å². The SMILES string of the molecule is COc1cc(CNCCCN2CCCC2=O)ccc1OCc1ccc(F)cc1Cl. The van der Waals surface area contributed by atoms with Crippen LogP contribution in [0.4, 0.5) is 4.39 Å². The smallest absolute Gasteiger partial charge is 0.222 e. The first-order valence-electron chi connectivity index (χ1n) is 9.79. The molecule has 1 fully saturated rings. The molecule has 5 nitrogen and oxygen atoms in total. The minimum atomic E-state index is -0.375. The summed E-state index contributed by atoms with van der Waals surface area (Å²) in [6, 6.07) is 10.00. The summed E-state index contributed by atoms with van der Waals surface area (Å²) in [5, 5.41) is 3.73. The molecule has 0 aromatic heterocycles. The first-order valence-corrected chi connectivity index (χ1v) is 10.2. The maximum Gasteiger partial charge on any atom is 0.222 e. The molecule has 2 aromatic carbocycles. The van der Waals surface area contributed by atoms with E-state index in [0.717, 1.165) is 38.0 Å². The molecule has 1 saturated heterocycles. The highest BCUT2D eigenvalue weighted by molar-refractivity contribution is 6.31. The molecule has 0 spiro atoms. The summed E-state index contributed by atoms with van der Waals surface area (Å²) in [7, 11) is 1.59. The van der Waals surface area contributed by atoms with Crippen molar-refractivity contribution in [2.75, 3.05) is 26.7 Å². The quantitative estimate of drug-likeness (QED) is 0.586. The van der Waals surface area contributed by atoms with Gasteiger partial charge >= 0.3 is 0 Å². The average molecular weight is 421 g/mol. The van der Waals surface area contributed by atoms with Crippen molar-refractivity contribution in [1.29, 1.82) is 0 Å². The number of methoxy groups -OCH3 is 1. The molecule has 0 aliphatic carbocycles. The van der Waals surface area contributed by atoms with Crippen molar-refractivity contribution in [3.63, 3.8) is 0 Å². The summed E-state index contributed by atoms with van der Waals surface area (Å²) in [4.78, 5) is 13.5. The number of carbonyl (C=O) groups is 1. The largest absolute Gasteiger partial charge is 0.493 e. The average Bonchev–Trinajstić information content (AvgIpc) is 3.12. The van der Waals surface area contributed by atoms with Crippen LogP contribution in [0.15, 0.2) is 36.4 Å². The highest BCUT2D eigenvalue weighted by atomic mass is 35.5. The third-order valence-corrected chi connectivity index (χ3v) is 5.26. The number of benzene rings is 2. The summed E-state index contributed by atoms with van der Waals surface area (Å²) in [5.41, 5.74) is 1.78. The fourth-order valence-corrected chi connectivity index (χ4v) is 3.53. The zero-order valence-corrected chi connectivity index (χ0v) is 17.3. The van der Waals surface area contributed by atoms with Crippen molar-refractivity contribution in [3.8, 4) is 11.5 Å². The van der Waals surface area contributed by atoms with Crippen molar-refractivity contribution in [2.45, 2.75) is 32.4 Å². The molecule has 29 heavy (non-hydrogen) atoms. The molecular formula is C22H26ClFN2O3. The molecule has 1 N–H and O–H groups in total. The first kappa shape index (κ1) is 21.4. The Kier molecular flexibility index (Phi) is 7.72. The number of amides is 1. The van der Waals surface area contributed by atoms with Crippen LogP contribution in [0.5, 0.6) is 11.5 Å². The molecule has 1 amide bonds. The van der Waals surface area contributed by atoms with Crippen LogP contribution in [-0.2, 0) is 17.9 Å². The van der Waals surface area contributed by atoms with Crippen LogP contribution < -0.4 is 14.8 Å². The minimum absolute atomic E-state index is 0.224. The Bertz CT molecular complexity index is 847. The minimum Gasteiger partial charge on any atom is -0.493 e. The molecule has 156 valence electrons. The number of ether oxygens (including phenoxy) is 2. The van der Waals surface area contributed by atoms with Crippen LogP contribution in [0.3, 0.4) is 0 Å². The van der Waals surface area contributed by atoms with Crippen LogP contribution in [0.25, 0.3) is 0 Å². The van der Waals surface area contributed by atoms with Gasteiger partial charge in [0.15, 0.2) is 11.5 Å². The second-order valence-electron chi connectivity index (χ2n) is 7.02. The second-order valence-corrected chi connectivity index (χ2v) is 7.43. The van der Waals surface area contributed by atoms with E-state index in [9.17, 15) is 9.18 Å². The van der Waals surface area contributed by atoms with Gasteiger partial charge in [0.25, 0.3) is 0 Å². The lowest BCUT2D eigenvalue weighted by molar-refractivity contribution is -0.127. The van der Waals surface area contributed by atoms with Gasteiger partial charge in [-0.25, -0.2) is 4.39 Å². The number of likely N-dealkylation sites (tertiary alicyclic amines) is 1. The molecule has 1 aliphatic rings. The predicted octanol–water partition coefficient (Wildman–Crippen LogP) is 4.17. The molecule has 0 unspecified atom stereocenters. The van der Waals surface area contributed by atoms with Crippen LogP contribution >= 0.6 is 11.6 Å². The molecule has 1 aliphatic heterocycles. The van der Waals surface area contributed by atoms with Crippen LogP contribution in [0, 0.1) is 5.82 Å². The van der Waals surface area contributed by atoms with E-state index >= 15 is 0 Å². The third-order valence-electron chi connectivity index (χ3n) is 4.91. The Balaban J connectivity index is 1.47. The Morgan fingerprint density at radius 1 is 1.21 bits per heavy atom.